The van der Waals surface area contributed by atoms with Gasteiger partial charge in [0.05, 0.1) is 22.4 Å². The third-order valence-electron chi connectivity index (χ3n) is 14.5. The second-order valence-electron chi connectivity index (χ2n) is 18.4. The first-order chi connectivity index (χ1) is 34.7. The fourth-order valence-electron chi connectivity index (χ4n) is 11.3. The van der Waals surface area contributed by atoms with E-state index in [9.17, 15) is 0 Å². The second kappa shape index (κ2) is 16.2. The molecule has 13 aromatic carbocycles. The molecule has 0 atom stereocenters. The average molecular weight is 889 g/mol. The number of aromatic nitrogens is 1. The van der Waals surface area contributed by atoms with Crippen LogP contribution in [0.2, 0.25) is 0 Å². The topological polar surface area (TPSA) is 8.17 Å². The van der Waals surface area contributed by atoms with E-state index in [4.69, 9.17) is 0 Å². The molecule has 0 aliphatic rings. The predicted molar refractivity (Wildman–Crippen MR) is 299 cm³/mol. The Kier molecular flexibility index (Phi) is 9.25. The SMILES string of the molecule is c1ccc2cc3c(cc2c1)c1ccccc1n3-c1c(-c2ccc(N(c3ccc(-c4cccc5ccccc45)cc3)c3ccc(-c4cccc5ccccc45)cc3)c3ccccc23)ccc2ccccc12. The van der Waals surface area contributed by atoms with Crippen LogP contribution in [0, 0.1) is 0 Å². The van der Waals surface area contributed by atoms with E-state index in [1.807, 2.05) is 0 Å². The quantitative estimate of drug-likeness (QED) is 0.155. The zero-order valence-electron chi connectivity index (χ0n) is 38.3. The van der Waals surface area contributed by atoms with Gasteiger partial charge in [0.25, 0.3) is 0 Å². The zero-order valence-corrected chi connectivity index (χ0v) is 38.3. The van der Waals surface area contributed by atoms with Crippen LogP contribution < -0.4 is 4.90 Å². The molecule has 1 heterocycles. The van der Waals surface area contributed by atoms with Crippen LogP contribution in [-0.4, -0.2) is 4.57 Å². The molecule has 14 aromatic rings. The number of benzene rings is 13. The van der Waals surface area contributed by atoms with Crippen LogP contribution in [0.4, 0.5) is 17.1 Å². The van der Waals surface area contributed by atoms with Crippen molar-refractivity contribution in [1.82, 2.24) is 4.57 Å². The maximum absolute atomic E-state index is 2.53. The van der Waals surface area contributed by atoms with Gasteiger partial charge in [0.1, 0.15) is 0 Å². The van der Waals surface area contributed by atoms with Gasteiger partial charge in [-0.1, -0.05) is 218 Å². The Balaban J connectivity index is 0.980. The molecule has 14 rings (SSSR count). The molecule has 2 heteroatoms. The van der Waals surface area contributed by atoms with Crippen molar-refractivity contribution in [2.75, 3.05) is 4.90 Å². The lowest BCUT2D eigenvalue weighted by atomic mass is 9.92. The number of nitrogens with zero attached hydrogens (tertiary/aromatic N) is 2. The van der Waals surface area contributed by atoms with Crippen LogP contribution in [0.5, 0.6) is 0 Å². The van der Waals surface area contributed by atoms with E-state index in [1.165, 1.54) is 115 Å². The van der Waals surface area contributed by atoms with Gasteiger partial charge in [-0.15, -0.1) is 0 Å². The molecule has 0 bridgehead atoms. The van der Waals surface area contributed by atoms with Gasteiger partial charge in [-0.05, 0) is 119 Å². The first kappa shape index (κ1) is 39.9. The molecular weight excluding hydrogens is 845 g/mol. The van der Waals surface area contributed by atoms with E-state index in [0.29, 0.717) is 0 Å². The van der Waals surface area contributed by atoms with Gasteiger partial charge in [-0.25, -0.2) is 0 Å². The van der Waals surface area contributed by atoms with Crippen molar-refractivity contribution in [3.8, 4) is 39.1 Å². The van der Waals surface area contributed by atoms with E-state index in [1.54, 1.807) is 0 Å². The molecular formula is C68H44N2. The van der Waals surface area contributed by atoms with Crippen molar-refractivity contribution in [3.05, 3.63) is 267 Å². The van der Waals surface area contributed by atoms with Gasteiger partial charge in [0, 0.05) is 38.5 Å². The van der Waals surface area contributed by atoms with Crippen LogP contribution in [-0.2, 0) is 0 Å². The van der Waals surface area contributed by atoms with Gasteiger partial charge in [0.2, 0.25) is 0 Å². The Hall–Kier alpha value is -9.24. The van der Waals surface area contributed by atoms with Gasteiger partial charge in [-0.3, -0.25) is 0 Å². The van der Waals surface area contributed by atoms with Crippen molar-refractivity contribution in [2.45, 2.75) is 0 Å². The molecule has 0 aliphatic heterocycles. The molecule has 0 N–H and O–H groups in total. The zero-order chi connectivity index (χ0) is 46.1. The summed E-state index contributed by atoms with van der Waals surface area (Å²) in [6.07, 6.45) is 0. The normalized spacial score (nSPS) is 11.7. The number of anilines is 3. The van der Waals surface area contributed by atoms with Gasteiger partial charge in [0.15, 0.2) is 0 Å². The maximum Gasteiger partial charge on any atom is 0.0619 e. The fraction of sp³-hybridized carbons (Fsp3) is 0. The first-order valence-corrected chi connectivity index (χ1v) is 24.2. The summed E-state index contributed by atoms with van der Waals surface area (Å²) in [5, 5.41) is 14.7. The highest BCUT2D eigenvalue weighted by atomic mass is 15.1. The summed E-state index contributed by atoms with van der Waals surface area (Å²) < 4.78 is 2.53. The minimum atomic E-state index is 1.09. The molecule has 1 aromatic heterocycles. The first-order valence-electron chi connectivity index (χ1n) is 24.2. The summed E-state index contributed by atoms with van der Waals surface area (Å²) in [4.78, 5) is 2.44. The molecule has 0 fully saturated rings. The highest BCUT2D eigenvalue weighted by Gasteiger charge is 2.23. The van der Waals surface area contributed by atoms with E-state index < -0.39 is 0 Å². The summed E-state index contributed by atoms with van der Waals surface area (Å²) in [6, 6.07) is 98.2. The standard InChI is InChI=1S/C68H44N2/c1-2-19-51-44-67-64(43-50(51)18-1)62-27-11-12-30-65(62)70(67)68-58-24-8-5-17-47(58)35-40-63(68)60-41-42-66(61-26-10-9-25-59(60)61)69(52-36-31-48(32-37-52)56-28-13-20-45-15-3-6-22-54(45)56)53-38-33-49(34-39-53)57-29-14-21-46-16-4-7-23-55(46)57/h1-44H. The van der Waals surface area contributed by atoms with E-state index in [0.717, 1.165) is 17.1 Å². The van der Waals surface area contributed by atoms with E-state index in [-0.39, 0.29) is 0 Å². The highest BCUT2D eigenvalue weighted by molar-refractivity contribution is 6.17. The fourth-order valence-corrected chi connectivity index (χ4v) is 11.3. The number of hydrogen-bond acceptors (Lipinski definition) is 1. The number of fused-ring (bicyclic) bond motifs is 8. The number of para-hydroxylation sites is 1. The molecule has 0 saturated carbocycles. The third kappa shape index (κ3) is 6.42. The lowest BCUT2D eigenvalue weighted by molar-refractivity contribution is 1.20. The number of rotatable bonds is 7. The largest absolute Gasteiger partial charge is 0.310 e. The summed E-state index contributed by atoms with van der Waals surface area (Å²) in [5.41, 5.74) is 14.1. The Morgan fingerprint density at radius 3 is 1.31 bits per heavy atom. The van der Waals surface area contributed by atoms with E-state index >= 15 is 0 Å². The molecule has 70 heavy (non-hydrogen) atoms. The summed E-state index contributed by atoms with van der Waals surface area (Å²) in [5.74, 6) is 0. The average Bonchev–Trinajstić information content (AvgIpc) is 3.74. The van der Waals surface area contributed by atoms with Crippen molar-refractivity contribution in [1.29, 1.82) is 0 Å². The highest BCUT2D eigenvalue weighted by Crippen LogP contribution is 2.47. The smallest absolute Gasteiger partial charge is 0.0619 e. The van der Waals surface area contributed by atoms with Crippen LogP contribution in [0.1, 0.15) is 0 Å². The van der Waals surface area contributed by atoms with Crippen LogP contribution in [0.15, 0.2) is 267 Å². The van der Waals surface area contributed by atoms with Gasteiger partial charge < -0.3 is 9.47 Å². The van der Waals surface area contributed by atoms with Crippen LogP contribution in [0.3, 0.4) is 0 Å². The molecule has 0 saturated heterocycles. The third-order valence-corrected chi connectivity index (χ3v) is 14.5. The van der Waals surface area contributed by atoms with E-state index in [2.05, 4.69) is 276 Å². The lowest BCUT2D eigenvalue weighted by Gasteiger charge is -2.28. The predicted octanol–water partition coefficient (Wildman–Crippen LogP) is 19.0. The van der Waals surface area contributed by atoms with Crippen LogP contribution in [0.25, 0.3) is 115 Å². The van der Waals surface area contributed by atoms with Crippen LogP contribution >= 0.6 is 0 Å². The molecule has 0 amide bonds. The Bertz CT molecular complexity index is 4220. The molecule has 0 unspecified atom stereocenters. The lowest BCUT2D eigenvalue weighted by Crippen LogP contribution is -2.10. The van der Waals surface area contributed by atoms with Crippen molar-refractivity contribution in [3.63, 3.8) is 0 Å². The maximum atomic E-state index is 2.53. The van der Waals surface area contributed by atoms with Gasteiger partial charge in [-0.2, -0.15) is 0 Å². The second-order valence-corrected chi connectivity index (χ2v) is 18.4. The van der Waals surface area contributed by atoms with Gasteiger partial charge >= 0.3 is 0 Å². The molecule has 0 spiro atoms. The monoisotopic (exact) mass is 888 g/mol. The van der Waals surface area contributed by atoms with Crippen molar-refractivity contribution in [2.24, 2.45) is 0 Å². The molecule has 0 radical (unpaired) electrons. The molecule has 0 aliphatic carbocycles. The summed E-state index contributed by atoms with van der Waals surface area (Å²) in [7, 11) is 0. The molecule has 2 nitrogen and oxygen atoms in total. The number of hydrogen-bond donors (Lipinski definition) is 0. The Morgan fingerprint density at radius 1 is 0.243 bits per heavy atom. The minimum Gasteiger partial charge on any atom is -0.310 e. The van der Waals surface area contributed by atoms with Crippen molar-refractivity contribution >= 4 is 92.7 Å². The Morgan fingerprint density at radius 2 is 0.700 bits per heavy atom. The minimum absolute atomic E-state index is 1.09. The summed E-state index contributed by atoms with van der Waals surface area (Å²) >= 11 is 0. The van der Waals surface area contributed by atoms with Crippen molar-refractivity contribution < 1.29 is 0 Å². The Labute approximate surface area is 406 Å². The summed E-state index contributed by atoms with van der Waals surface area (Å²) in [6.45, 7) is 0. The molecule has 326 valence electrons.